The Morgan fingerprint density at radius 2 is 1.38 bits per heavy atom. The molecule has 1 aliphatic carbocycles. The van der Waals surface area contributed by atoms with Crippen LogP contribution in [0.4, 0.5) is 0 Å². The molecular weight excluding hydrogens is 300 g/mol. The van der Waals surface area contributed by atoms with Gasteiger partial charge in [0.15, 0.2) is 5.60 Å². The first-order valence-corrected chi connectivity index (χ1v) is 8.60. The van der Waals surface area contributed by atoms with Crippen LogP contribution in [0.5, 0.6) is 0 Å². The van der Waals surface area contributed by atoms with E-state index in [9.17, 15) is 9.90 Å². The summed E-state index contributed by atoms with van der Waals surface area (Å²) in [7, 11) is 0. The summed E-state index contributed by atoms with van der Waals surface area (Å²) in [5, 5.41) is 11.3. The molecule has 3 N–H and O–H groups in total. The van der Waals surface area contributed by atoms with E-state index in [4.69, 9.17) is 0 Å². The summed E-state index contributed by atoms with van der Waals surface area (Å²) >= 11 is 0. The second-order valence-electron chi connectivity index (χ2n) is 6.38. The number of amides is 1. The van der Waals surface area contributed by atoms with Crippen molar-refractivity contribution in [3.05, 3.63) is 71.8 Å². The average molecular weight is 324 g/mol. The second-order valence-corrected chi connectivity index (χ2v) is 6.38. The van der Waals surface area contributed by atoms with Gasteiger partial charge in [0.1, 0.15) is 0 Å². The number of rotatable bonds is 5. The van der Waals surface area contributed by atoms with Crippen LogP contribution in [0.1, 0.15) is 43.2 Å². The minimum Gasteiger partial charge on any atom is -0.372 e. The van der Waals surface area contributed by atoms with Crippen LogP contribution >= 0.6 is 0 Å². The normalized spacial score (nSPS) is 15.9. The molecule has 0 atom stereocenters. The van der Waals surface area contributed by atoms with Gasteiger partial charge < -0.3 is 5.11 Å². The van der Waals surface area contributed by atoms with Crippen LogP contribution in [0.25, 0.3) is 0 Å². The van der Waals surface area contributed by atoms with Crippen molar-refractivity contribution in [3.8, 4) is 0 Å². The predicted octanol–water partition coefficient (Wildman–Crippen LogP) is 2.88. The molecule has 0 unspecified atom stereocenters. The van der Waals surface area contributed by atoms with E-state index >= 15 is 0 Å². The fraction of sp³-hybridized carbons (Fsp3) is 0.350. The molecule has 3 rings (SSSR count). The van der Waals surface area contributed by atoms with Gasteiger partial charge >= 0.3 is 0 Å². The van der Waals surface area contributed by atoms with Crippen molar-refractivity contribution in [1.29, 1.82) is 0 Å². The quantitative estimate of drug-likeness (QED) is 0.741. The summed E-state index contributed by atoms with van der Waals surface area (Å²) in [5.74, 6) is -0.453. The van der Waals surface area contributed by atoms with Crippen molar-refractivity contribution in [2.45, 2.75) is 43.7 Å². The smallest absolute Gasteiger partial charge is 0.275 e. The third kappa shape index (κ3) is 3.50. The molecular formula is C20H24N2O2. The van der Waals surface area contributed by atoms with Crippen molar-refractivity contribution in [3.63, 3.8) is 0 Å². The van der Waals surface area contributed by atoms with Crippen molar-refractivity contribution in [2.75, 3.05) is 0 Å². The third-order valence-corrected chi connectivity index (χ3v) is 4.71. The van der Waals surface area contributed by atoms with E-state index in [1.165, 1.54) is 19.3 Å². The van der Waals surface area contributed by atoms with E-state index in [0.717, 1.165) is 12.8 Å². The van der Waals surface area contributed by atoms with Crippen LogP contribution in [0.3, 0.4) is 0 Å². The monoisotopic (exact) mass is 324 g/mol. The zero-order chi connectivity index (χ0) is 16.8. The lowest BCUT2D eigenvalue weighted by molar-refractivity contribution is -0.138. The van der Waals surface area contributed by atoms with Gasteiger partial charge in [-0.15, -0.1) is 0 Å². The minimum absolute atomic E-state index is 0.276. The van der Waals surface area contributed by atoms with Crippen LogP contribution < -0.4 is 10.9 Å². The molecule has 4 heteroatoms. The molecule has 0 heterocycles. The van der Waals surface area contributed by atoms with Crippen LogP contribution in [0, 0.1) is 0 Å². The Hall–Kier alpha value is -2.17. The van der Waals surface area contributed by atoms with Crippen LogP contribution in [-0.2, 0) is 10.4 Å². The molecule has 0 saturated heterocycles. The van der Waals surface area contributed by atoms with E-state index < -0.39 is 11.5 Å². The summed E-state index contributed by atoms with van der Waals surface area (Å²) in [4.78, 5) is 12.9. The van der Waals surface area contributed by atoms with Crippen LogP contribution in [0.15, 0.2) is 60.7 Å². The molecule has 4 nitrogen and oxygen atoms in total. The highest BCUT2D eigenvalue weighted by Gasteiger charge is 2.40. The number of hydrogen-bond acceptors (Lipinski definition) is 3. The molecule has 2 aromatic rings. The topological polar surface area (TPSA) is 61.4 Å². The van der Waals surface area contributed by atoms with Crippen molar-refractivity contribution in [1.82, 2.24) is 10.9 Å². The summed E-state index contributed by atoms with van der Waals surface area (Å²) in [6.07, 6.45) is 5.71. The SMILES string of the molecule is O=C(NNC1CCCCC1)C(O)(c1ccccc1)c1ccccc1. The summed E-state index contributed by atoms with van der Waals surface area (Å²) in [5.41, 5.74) is 5.25. The van der Waals surface area contributed by atoms with E-state index in [-0.39, 0.29) is 6.04 Å². The number of carbonyl (C=O) groups excluding carboxylic acids is 1. The van der Waals surface area contributed by atoms with E-state index in [0.29, 0.717) is 11.1 Å². The number of hydrazine groups is 1. The molecule has 1 aliphatic rings. The van der Waals surface area contributed by atoms with Crippen molar-refractivity contribution >= 4 is 5.91 Å². The third-order valence-electron chi connectivity index (χ3n) is 4.71. The zero-order valence-corrected chi connectivity index (χ0v) is 13.7. The number of nitrogens with one attached hydrogen (secondary N) is 2. The fourth-order valence-electron chi connectivity index (χ4n) is 3.29. The molecule has 1 fully saturated rings. The van der Waals surface area contributed by atoms with E-state index in [2.05, 4.69) is 10.9 Å². The summed E-state index contributed by atoms with van der Waals surface area (Å²) in [6.45, 7) is 0. The molecule has 24 heavy (non-hydrogen) atoms. The van der Waals surface area contributed by atoms with Crippen molar-refractivity contribution < 1.29 is 9.90 Å². The lowest BCUT2D eigenvalue weighted by atomic mass is 9.85. The molecule has 0 aliphatic heterocycles. The Morgan fingerprint density at radius 1 is 0.875 bits per heavy atom. The lowest BCUT2D eigenvalue weighted by Gasteiger charge is -2.30. The second kappa shape index (κ2) is 7.60. The molecule has 1 amide bonds. The van der Waals surface area contributed by atoms with Gasteiger partial charge in [0.2, 0.25) is 0 Å². The Bertz CT molecular complexity index is 612. The number of hydrogen-bond donors (Lipinski definition) is 3. The molecule has 1 saturated carbocycles. The van der Waals surface area contributed by atoms with Gasteiger partial charge in [-0.25, -0.2) is 5.43 Å². The highest BCUT2D eigenvalue weighted by molar-refractivity contribution is 5.89. The molecule has 0 spiro atoms. The molecule has 0 aromatic heterocycles. The van der Waals surface area contributed by atoms with Gasteiger partial charge in [0, 0.05) is 6.04 Å². The van der Waals surface area contributed by atoms with Crippen LogP contribution in [-0.4, -0.2) is 17.1 Å². The number of carbonyl (C=O) groups is 1. The molecule has 2 aromatic carbocycles. The lowest BCUT2D eigenvalue weighted by Crippen LogP contribution is -2.53. The predicted molar refractivity (Wildman–Crippen MR) is 94.0 cm³/mol. The average Bonchev–Trinajstić information content (AvgIpc) is 2.67. The number of aliphatic hydroxyl groups is 1. The van der Waals surface area contributed by atoms with Crippen LogP contribution in [0.2, 0.25) is 0 Å². The first kappa shape index (κ1) is 16.7. The van der Waals surface area contributed by atoms with Gasteiger partial charge in [-0.05, 0) is 24.0 Å². The van der Waals surface area contributed by atoms with Gasteiger partial charge in [0.05, 0.1) is 0 Å². The maximum Gasteiger partial charge on any atom is 0.275 e. The fourth-order valence-corrected chi connectivity index (χ4v) is 3.29. The van der Waals surface area contributed by atoms with E-state index in [1.807, 2.05) is 36.4 Å². The maximum absolute atomic E-state index is 12.9. The molecule has 0 radical (unpaired) electrons. The Morgan fingerprint density at radius 3 is 1.88 bits per heavy atom. The zero-order valence-electron chi connectivity index (χ0n) is 13.7. The first-order chi connectivity index (χ1) is 11.7. The van der Waals surface area contributed by atoms with Gasteiger partial charge in [-0.1, -0.05) is 79.9 Å². The van der Waals surface area contributed by atoms with Crippen molar-refractivity contribution in [2.24, 2.45) is 0 Å². The van der Waals surface area contributed by atoms with Gasteiger partial charge in [-0.3, -0.25) is 10.2 Å². The Balaban J connectivity index is 1.83. The summed E-state index contributed by atoms with van der Waals surface area (Å²) < 4.78 is 0. The first-order valence-electron chi connectivity index (χ1n) is 8.60. The Kier molecular flexibility index (Phi) is 5.28. The van der Waals surface area contributed by atoms with Gasteiger partial charge in [-0.2, -0.15) is 0 Å². The summed E-state index contributed by atoms with van der Waals surface area (Å²) in [6, 6.07) is 18.4. The highest BCUT2D eigenvalue weighted by Crippen LogP contribution is 2.29. The molecule has 0 bridgehead atoms. The molecule has 126 valence electrons. The standard InChI is InChI=1S/C20H24N2O2/c23-19(22-21-18-14-8-3-9-15-18)20(24,16-10-4-1-5-11-16)17-12-6-2-7-13-17/h1-2,4-7,10-13,18,21,24H,3,8-9,14-15H2,(H,22,23). The largest absolute Gasteiger partial charge is 0.372 e. The highest BCUT2D eigenvalue weighted by atomic mass is 16.3. The number of benzene rings is 2. The Labute approximate surface area is 142 Å². The van der Waals surface area contributed by atoms with Gasteiger partial charge in [0.25, 0.3) is 5.91 Å². The minimum atomic E-state index is -1.72. The van der Waals surface area contributed by atoms with E-state index in [1.54, 1.807) is 24.3 Å². The maximum atomic E-state index is 12.9.